The summed E-state index contributed by atoms with van der Waals surface area (Å²) < 4.78 is 39.6. The van der Waals surface area contributed by atoms with Gasteiger partial charge in [0.25, 0.3) is 10.0 Å². The van der Waals surface area contributed by atoms with E-state index < -0.39 is 10.0 Å². The summed E-state index contributed by atoms with van der Waals surface area (Å²) in [5.41, 5.74) is 0.735. The normalized spacial score (nSPS) is 19.0. The van der Waals surface area contributed by atoms with Crippen LogP contribution < -0.4 is 4.72 Å². The van der Waals surface area contributed by atoms with Gasteiger partial charge in [-0.25, -0.2) is 8.42 Å². The van der Waals surface area contributed by atoms with Crippen molar-refractivity contribution in [1.82, 2.24) is 14.9 Å². The first kappa shape index (κ1) is 16.0. The van der Waals surface area contributed by atoms with E-state index in [1.807, 2.05) is 0 Å². The summed E-state index contributed by atoms with van der Waals surface area (Å²) in [5, 5.41) is 7.87. The Kier molecular flexibility index (Phi) is 4.40. The molecule has 1 unspecified atom stereocenters. The highest BCUT2D eigenvalue weighted by Gasteiger charge is 2.25. The van der Waals surface area contributed by atoms with E-state index in [9.17, 15) is 8.42 Å². The smallest absolute Gasteiger partial charge is 0.267 e. The number of nitrogens with zero attached hydrogens (tertiary/aromatic N) is 3. The Morgan fingerprint density at radius 3 is 2.87 bits per heavy atom. The van der Waals surface area contributed by atoms with Crippen LogP contribution in [0.4, 0.5) is 5.69 Å². The summed E-state index contributed by atoms with van der Waals surface area (Å²) in [6, 6.07) is 0. The molecule has 3 rings (SSSR count). The van der Waals surface area contributed by atoms with Crippen molar-refractivity contribution in [3.05, 3.63) is 23.8 Å². The van der Waals surface area contributed by atoms with Gasteiger partial charge in [0.15, 0.2) is 10.7 Å². The van der Waals surface area contributed by atoms with Gasteiger partial charge in [0.2, 0.25) is 0 Å². The molecule has 0 spiro atoms. The molecule has 126 valence electrons. The van der Waals surface area contributed by atoms with E-state index in [0.29, 0.717) is 17.9 Å². The summed E-state index contributed by atoms with van der Waals surface area (Å²) in [7, 11) is -3.74. The van der Waals surface area contributed by atoms with Gasteiger partial charge in [0.05, 0.1) is 24.5 Å². The minimum atomic E-state index is -3.74. The lowest BCUT2D eigenvalue weighted by atomic mass is 10.1. The van der Waals surface area contributed by atoms with Gasteiger partial charge in [-0.15, -0.1) is 0 Å². The zero-order chi connectivity index (χ0) is 16.4. The fraction of sp³-hybridized carbons (Fsp3) is 0.571. The molecule has 1 fully saturated rings. The van der Waals surface area contributed by atoms with Crippen LogP contribution in [0.1, 0.15) is 30.7 Å². The van der Waals surface area contributed by atoms with Gasteiger partial charge in [-0.2, -0.15) is 5.10 Å². The first-order valence-corrected chi connectivity index (χ1v) is 9.04. The van der Waals surface area contributed by atoms with Gasteiger partial charge in [0.1, 0.15) is 5.69 Å². The second kappa shape index (κ2) is 6.32. The van der Waals surface area contributed by atoms with E-state index in [4.69, 9.17) is 9.26 Å². The Balaban J connectivity index is 1.71. The number of sulfonamides is 1. The predicted octanol–water partition coefficient (Wildman–Crippen LogP) is 1.86. The van der Waals surface area contributed by atoms with Crippen molar-refractivity contribution in [2.45, 2.75) is 50.7 Å². The molecule has 0 saturated carbocycles. The maximum Gasteiger partial charge on any atom is 0.267 e. The highest BCUT2D eigenvalue weighted by molar-refractivity contribution is 7.92. The van der Waals surface area contributed by atoms with E-state index in [0.717, 1.165) is 25.9 Å². The van der Waals surface area contributed by atoms with Crippen molar-refractivity contribution in [1.29, 1.82) is 0 Å². The van der Waals surface area contributed by atoms with Crippen LogP contribution in [0.5, 0.6) is 0 Å². The van der Waals surface area contributed by atoms with E-state index in [2.05, 4.69) is 15.0 Å². The van der Waals surface area contributed by atoms with Gasteiger partial charge in [-0.05, 0) is 33.1 Å². The van der Waals surface area contributed by atoms with Crippen molar-refractivity contribution in [3.63, 3.8) is 0 Å². The van der Waals surface area contributed by atoms with Crippen LogP contribution in [0.25, 0.3) is 0 Å². The molecule has 0 radical (unpaired) electrons. The van der Waals surface area contributed by atoms with E-state index in [1.165, 1.54) is 6.20 Å². The van der Waals surface area contributed by atoms with Crippen LogP contribution in [-0.2, 0) is 21.3 Å². The summed E-state index contributed by atoms with van der Waals surface area (Å²) in [5.74, 6) is 0.262. The first-order chi connectivity index (χ1) is 11.0. The van der Waals surface area contributed by atoms with Gasteiger partial charge < -0.3 is 9.26 Å². The summed E-state index contributed by atoms with van der Waals surface area (Å²) in [6.45, 7) is 4.55. The molecule has 2 aromatic rings. The van der Waals surface area contributed by atoms with Gasteiger partial charge >= 0.3 is 0 Å². The predicted molar refractivity (Wildman–Crippen MR) is 82.6 cm³/mol. The Morgan fingerprint density at radius 1 is 1.39 bits per heavy atom. The number of nitrogens with one attached hydrogen (secondary N) is 1. The van der Waals surface area contributed by atoms with E-state index in [1.54, 1.807) is 24.7 Å². The lowest BCUT2D eigenvalue weighted by molar-refractivity contribution is 0.00401. The Morgan fingerprint density at radius 2 is 2.22 bits per heavy atom. The molecule has 1 aliphatic rings. The van der Waals surface area contributed by atoms with Gasteiger partial charge in [0, 0.05) is 12.8 Å². The first-order valence-electron chi connectivity index (χ1n) is 7.55. The lowest BCUT2D eigenvalue weighted by Gasteiger charge is -2.22. The fourth-order valence-corrected chi connectivity index (χ4v) is 4.10. The maximum atomic E-state index is 12.4. The highest BCUT2D eigenvalue weighted by Crippen LogP contribution is 2.22. The topological polar surface area (TPSA) is 99.3 Å². The molecule has 0 amide bonds. The van der Waals surface area contributed by atoms with Crippen LogP contribution in [-0.4, -0.2) is 36.1 Å². The average molecular weight is 340 g/mol. The molecule has 1 atom stereocenters. The number of hydrogen-bond acceptors (Lipinski definition) is 6. The summed E-state index contributed by atoms with van der Waals surface area (Å²) >= 11 is 0. The van der Waals surface area contributed by atoms with Crippen molar-refractivity contribution >= 4 is 15.7 Å². The third-order valence-electron chi connectivity index (χ3n) is 3.79. The number of rotatable bonds is 5. The average Bonchev–Trinajstić information content (AvgIpc) is 3.06. The molecular formula is C14H20N4O4S. The largest absolute Gasteiger partial charge is 0.376 e. The monoisotopic (exact) mass is 340 g/mol. The molecule has 0 aliphatic carbocycles. The SMILES string of the molecule is Cc1noc(C)c1S(=O)(=O)Nc1cnn(CC2CCCCO2)c1. The molecule has 9 heteroatoms. The minimum Gasteiger partial charge on any atom is -0.376 e. The van der Waals surface area contributed by atoms with Crippen LogP contribution >= 0.6 is 0 Å². The van der Waals surface area contributed by atoms with Gasteiger partial charge in [-0.3, -0.25) is 9.40 Å². The second-order valence-corrected chi connectivity index (χ2v) is 7.32. The van der Waals surface area contributed by atoms with Crippen molar-refractivity contribution in [2.75, 3.05) is 11.3 Å². The third-order valence-corrected chi connectivity index (χ3v) is 5.41. The molecule has 1 aliphatic heterocycles. The molecule has 2 aromatic heterocycles. The quantitative estimate of drug-likeness (QED) is 0.892. The van der Waals surface area contributed by atoms with Crippen LogP contribution in [0.15, 0.2) is 21.8 Å². The summed E-state index contributed by atoms with van der Waals surface area (Å²) in [4.78, 5) is 0.0702. The Hall–Kier alpha value is -1.87. The molecule has 1 N–H and O–H groups in total. The Bertz CT molecular complexity index is 755. The second-order valence-electron chi connectivity index (χ2n) is 5.70. The zero-order valence-electron chi connectivity index (χ0n) is 13.2. The van der Waals surface area contributed by atoms with Crippen LogP contribution in [0, 0.1) is 13.8 Å². The van der Waals surface area contributed by atoms with E-state index >= 15 is 0 Å². The lowest BCUT2D eigenvalue weighted by Crippen LogP contribution is -2.24. The molecule has 23 heavy (non-hydrogen) atoms. The van der Waals surface area contributed by atoms with Crippen molar-refractivity contribution < 1.29 is 17.7 Å². The summed E-state index contributed by atoms with van der Waals surface area (Å²) in [6.07, 6.45) is 6.53. The molecule has 0 aromatic carbocycles. The molecule has 8 nitrogen and oxygen atoms in total. The maximum absolute atomic E-state index is 12.4. The molecule has 3 heterocycles. The van der Waals surface area contributed by atoms with E-state index in [-0.39, 0.29) is 16.8 Å². The number of aryl methyl sites for hydroxylation is 2. The third kappa shape index (κ3) is 3.56. The van der Waals surface area contributed by atoms with Crippen molar-refractivity contribution in [3.8, 4) is 0 Å². The molecular weight excluding hydrogens is 320 g/mol. The number of ether oxygens (including phenoxy) is 1. The zero-order valence-corrected chi connectivity index (χ0v) is 14.0. The minimum absolute atomic E-state index is 0.0702. The van der Waals surface area contributed by atoms with Crippen molar-refractivity contribution in [2.24, 2.45) is 0 Å². The highest BCUT2D eigenvalue weighted by atomic mass is 32.2. The molecule has 1 saturated heterocycles. The van der Waals surface area contributed by atoms with Crippen LogP contribution in [0.3, 0.4) is 0 Å². The number of aromatic nitrogens is 3. The standard InChI is InChI=1S/C14H20N4O4S/c1-10-14(11(2)22-16-10)23(19,20)17-12-7-15-18(8-12)9-13-5-3-4-6-21-13/h7-8,13,17H,3-6,9H2,1-2H3. The van der Waals surface area contributed by atoms with Crippen LogP contribution in [0.2, 0.25) is 0 Å². The number of hydrogen-bond donors (Lipinski definition) is 1. The molecule has 0 bridgehead atoms. The van der Waals surface area contributed by atoms with Gasteiger partial charge in [-0.1, -0.05) is 5.16 Å². The Labute approximate surface area is 134 Å². The fourth-order valence-electron chi connectivity index (χ4n) is 2.74. The number of anilines is 1.